The third-order valence-corrected chi connectivity index (χ3v) is 4.85. The third kappa shape index (κ3) is 10.4. The van der Waals surface area contributed by atoms with E-state index in [1.54, 1.807) is 6.92 Å². The fraction of sp³-hybridized carbons (Fsp3) is 0.900. The molecule has 28 heavy (non-hydrogen) atoms. The fourth-order valence-electron chi connectivity index (χ4n) is 3.27. The summed E-state index contributed by atoms with van der Waals surface area (Å²) < 4.78 is 11.1. The third-order valence-electron chi connectivity index (χ3n) is 4.85. The second-order valence-electron chi connectivity index (χ2n) is 7.18. The van der Waals surface area contributed by atoms with Gasteiger partial charge in [-0.1, -0.05) is 68.5 Å². The molecule has 8 heteroatoms. The van der Waals surface area contributed by atoms with Gasteiger partial charge in [0, 0.05) is 22.7 Å². The maximum Gasteiger partial charge on any atom is 0.155 e. The van der Waals surface area contributed by atoms with Gasteiger partial charge in [-0.2, -0.15) is 0 Å². The summed E-state index contributed by atoms with van der Waals surface area (Å²) in [5.41, 5.74) is 17.6. The Morgan fingerprint density at radius 2 is 1.68 bits per heavy atom. The molecular formula is C20H34N6O2. The van der Waals surface area contributed by atoms with Crippen molar-refractivity contribution in [3.63, 3.8) is 0 Å². The lowest BCUT2D eigenvalue weighted by molar-refractivity contribution is -0.214. The Balaban J connectivity index is 2.31. The minimum Gasteiger partial charge on any atom is -0.352 e. The Bertz CT molecular complexity index is 575. The standard InChI is InChI=1S/C20H34N6O2/c1-3-4-5-6-7-8-9-10-11-12-13-14-15-18(23-25-21)20-19(24-26-22)16-27-17(2)28-20/h17-20H,3-12,15-16H2,1-2H3/t17-,18-,19-,20+/m0/s1. The van der Waals surface area contributed by atoms with Crippen molar-refractivity contribution >= 4 is 0 Å². The van der Waals surface area contributed by atoms with E-state index in [4.69, 9.17) is 20.5 Å². The van der Waals surface area contributed by atoms with Gasteiger partial charge in [0.1, 0.15) is 0 Å². The van der Waals surface area contributed by atoms with Crippen LogP contribution in [0.1, 0.15) is 84.5 Å². The van der Waals surface area contributed by atoms with Crippen molar-refractivity contribution in [1.29, 1.82) is 0 Å². The van der Waals surface area contributed by atoms with Gasteiger partial charge in [0.05, 0.1) is 24.8 Å². The number of hydrogen-bond donors (Lipinski definition) is 0. The number of hydrogen-bond acceptors (Lipinski definition) is 4. The first-order valence-electron chi connectivity index (χ1n) is 10.5. The van der Waals surface area contributed by atoms with Crippen molar-refractivity contribution in [2.45, 2.75) is 109 Å². The lowest BCUT2D eigenvalue weighted by Crippen LogP contribution is -2.47. The maximum atomic E-state index is 8.86. The van der Waals surface area contributed by atoms with Crippen LogP contribution in [0.3, 0.4) is 0 Å². The highest BCUT2D eigenvalue weighted by Crippen LogP contribution is 2.22. The highest BCUT2D eigenvalue weighted by atomic mass is 16.7. The zero-order valence-electron chi connectivity index (χ0n) is 17.3. The first kappa shape index (κ1) is 24.1. The molecule has 8 nitrogen and oxygen atoms in total. The lowest BCUT2D eigenvalue weighted by Gasteiger charge is -2.35. The molecule has 0 spiro atoms. The topological polar surface area (TPSA) is 116 Å². The average molecular weight is 391 g/mol. The summed E-state index contributed by atoms with van der Waals surface area (Å²) in [6, 6.07) is -1.02. The predicted molar refractivity (Wildman–Crippen MR) is 110 cm³/mol. The molecule has 1 saturated heterocycles. The van der Waals surface area contributed by atoms with E-state index >= 15 is 0 Å². The Morgan fingerprint density at radius 1 is 1.00 bits per heavy atom. The molecular weight excluding hydrogens is 356 g/mol. The Hall–Kier alpha value is -1.90. The zero-order chi connectivity index (χ0) is 20.5. The number of azide groups is 2. The average Bonchev–Trinajstić information content (AvgIpc) is 2.69. The lowest BCUT2D eigenvalue weighted by atomic mass is 10.0. The quantitative estimate of drug-likeness (QED) is 0.119. The van der Waals surface area contributed by atoms with Crippen LogP contribution in [0.2, 0.25) is 0 Å². The normalized spacial score (nSPS) is 22.3. The molecule has 0 unspecified atom stereocenters. The zero-order valence-corrected chi connectivity index (χ0v) is 17.3. The van der Waals surface area contributed by atoms with E-state index in [0.29, 0.717) is 6.42 Å². The van der Waals surface area contributed by atoms with Crippen molar-refractivity contribution in [3.8, 4) is 11.8 Å². The van der Waals surface area contributed by atoms with Crippen LogP contribution in [0.4, 0.5) is 0 Å². The van der Waals surface area contributed by atoms with E-state index in [1.807, 2.05) is 0 Å². The van der Waals surface area contributed by atoms with Crippen LogP contribution in [0.5, 0.6) is 0 Å². The maximum absolute atomic E-state index is 8.86. The van der Waals surface area contributed by atoms with E-state index in [1.165, 1.54) is 51.4 Å². The number of ether oxygens (including phenoxy) is 2. The van der Waals surface area contributed by atoms with E-state index in [2.05, 4.69) is 38.8 Å². The minimum atomic E-state index is -0.518. The molecule has 0 saturated carbocycles. The van der Waals surface area contributed by atoms with Crippen LogP contribution in [0, 0.1) is 11.8 Å². The number of nitrogens with zero attached hydrogens (tertiary/aromatic N) is 6. The van der Waals surface area contributed by atoms with Gasteiger partial charge in [-0.25, -0.2) is 0 Å². The molecule has 0 amide bonds. The van der Waals surface area contributed by atoms with Gasteiger partial charge in [-0.15, -0.1) is 11.8 Å². The van der Waals surface area contributed by atoms with Crippen LogP contribution in [0.25, 0.3) is 20.9 Å². The summed E-state index contributed by atoms with van der Waals surface area (Å²) in [4.78, 5) is 5.75. The van der Waals surface area contributed by atoms with Crippen LogP contribution < -0.4 is 0 Å². The van der Waals surface area contributed by atoms with Gasteiger partial charge in [0.2, 0.25) is 0 Å². The van der Waals surface area contributed by atoms with Crippen molar-refractivity contribution in [1.82, 2.24) is 0 Å². The van der Waals surface area contributed by atoms with Gasteiger partial charge in [-0.05, 0) is 24.4 Å². The highest BCUT2D eigenvalue weighted by molar-refractivity contribution is 5.04. The Kier molecular flexibility index (Phi) is 13.9. The van der Waals surface area contributed by atoms with E-state index in [-0.39, 0.29) is 6.61 Å². The summed E-state index contributed by atoms with van der Waals surface area (Å²) >= 11 is 0. The minimum absolute atomic E-state index is 0.249. The first-order valence-corrected chi connectivity index (χ1v) is 10.5. The largest absolute Gasteiger partial charge is 0.352 e. The summed E-state index contributed by atoms with van der Waals surface area (Å²) in [7, 11) is 0. The predicted octanol–water partition coefficient (Wildman–Crippen LogP) is 6.42. The van der Waals surface area contributed by atoms with E-state index in [9.17, 15) is 0 Å². The molecule has 1 aliphatic rings. The van der Waals surface area contributed by atoms with Crippen molar-refractivity contribution in [3.05, 3.63) is 20.9 Å². The van der Waals surface area contributed by atoms with Gasteiger partial charge in [0.25, 0.3) is 0 Å². The summed E-state index contributed by atoms with van der Waals surface area (Å²) in [5, 5.41) is 7.53. The molecule has 1 heterocycles. The summed E-state index contributed by atoms with van der Waals surface area (Å²) in [6.07, 6.45) is 11.9. The molecule has 4 atom stereocenters. The van der Waals surface area contributed by atoms with E-state index < -0.39 is 24.5 Å². The Morgan fingerprint density at radius 3 is 2.32 bits per heavy atom. The SMILES string of the molecule is CCCCCCCCCCCC#CC[C@H](N=[N+]=[N-])[C@H]1O[C@@H](C)OC[C@@H]1N=[N+]=[N-]. The fourth-order valence-corrected chi connectivity index (χ4v) is 3.27. The monoisotopic (exact) mass is 390 g/mol. The smallest absolute Gasteiger partial charge is 0.155 e. The first-order chi connectivity index (χ1) is 13.7. The van der Waals surface area contributed by atoms with Crippen molar-refractivity contribution in [2.75, 3.05) is 6.61 Å². The molecule has 1 aliphatic heterocycles. The molecule has 1 fully saturated rings. The van der Waals surface area contributed by atoms with Crippen LogP contribution >= 0.6 is 0 Å². The van der Waals surface area contributed by atoms with Gasteiger partial charge in [0.15, 0.2) is 6.29 Å². The number of rotatable bonds is 13. The molecule has 0 radical (unpaired) electrons. The van der Waals surface area contributed by atoms with Gasteiger partial charge in [-0.3, -0.25) is 0 Å². The summed E-state index contributed by atoms with van der Waals surface area (Å²) in [5.74, 6) is 6.27. The molecule has 1 rings (SSSR count). The van der Waals surface area contributed by atoms with E-state index in [0.717, 1.165) is 12.8 Å². The van der Waals surface area contributed by atoms with Crippen LogP contribution in [-0.4, -0.2) is 31.1 Å². The Labute approximate surface area is 168 Å². The summed E-state index contributed by atoms with van der Waals surface area (Å²) in [6.45, 7) is 4.26. The highest BCUT2D eigenvalue weighted by Gasteiger charge is 2.34. The van der Waals surface area contributed by atoms with Gasteiger partial charge >= 0.3 is 0 Å². The molecule has 0 aromatic heterocycles. The molecule has 0 aliphatic carbocycles. The second-order valence-corrected chi connectivity index (χ2v) is 7.18. The van der Waals surface area contributed by atoms with Crippen LogP contribution in [-0.2, 0) is 9.47 Å². The molecule has 0 aromatic rings. The van der Waals surface area contributed by atoms with Crippen molar-refractivity contribution in [2.24, 2.45) is 10.2 Å². The number of unbranched alkanes of at least 4 members (excludes halogenated alkanes) is 9. The second kappa shape index (κ2) is 16.1. The van der Waals surface area contributed by atoms with Gasteiger partial charge < -0.3 is 9.47 Å². The van der Waals surface area contributed by atoms with Crippen molar-refractivity contribution < 1.29 is 9.47 Å². The molecule has 0 N–H and O–H groups in total. The van der Waals surface area contributed by atoms with Crippen LogP contribution in [0.15, 0.2) is 10.2 Å². The molecule has 156 valence electrons. The molecule has 0 bridgehead atoms. The molecule has 0 aromatic carbocycles.